The molecule has 0 aromatic heterocycles. The molecule has 0 radical (unpaired) electrons. The largest absolute Gasteiger partial charge is 0.392 e. The number of likely N-dealkylation sites (tertiary alicyclic amines) is 1. The molecule has 1 unspecified atom stereocenters. The molecule has 148 valence electrons. The number of aliphatic hydroxyl groups is 1. The van der Waals surface area contributed by atoms with Gasteiger partial charge >= 0.3 is 0 Å². The molecule has 7 nitrogen and oxygen atoms in total. The zero-order chi connectivity index (χ0) is 20.1. The Balaban J connectivity index is 1.79. The van der Waals surface area contributed by atoms with Crippen LogP contribution in [0.1, 0.15) is 23.6 Å². The van der Waals surface area contributed by atoms with Crippen molar-refractivity contribution >= 4 is 11.6 Å². The molecule has 7 heteroatoms. The van der Waals surface area contributed by atoms with E-state index in [0.29, 0.717) is 18.7 Å². The minimum absolute atomic E-state index is 0.0282. The van der Waals surface area contributed by atoms with Gasteiger partial charge in [-0.1, -0.05) is 48.5 Å². The topological polar surface area (TPSA) is 86.9 Å². The molecule has 28 heavy (non-hydrogen) atoms. The highest BCUT2D eigenvalue weighted by Crippen LogP contribution is 2.25. The van der Waals surface area contributed by atoms with Crippen LogP contribution in [0.25, 0.3) is 0 Å². The summed E-state index contributed by atoms with van der Waals surface area (Å²) in [7, 11) is 1.74. The zero-order valence-corrected chi connectivity index (χ0v) is 15.9. The number of β-amino-alcohol motifs (C(OH)–C–C–N with tert-alkyl or cyclic N) is 1. The summed E-state index contributed by atoms with van der Waals surface area (Å²) in [6.45, 7) is 1.99. The van der Waals surface area contributed by atoms with Crippen molar-refractivity contribution in [3.63, 3.8) is 0 Å². The third kappa shape index (κ3) is 4.74. The van der Waals surface area contributed by atoms with Gasteiger partial charge in [0.05, 0.1) is 23.5 Å². The summed E-state index contributed by atoms with van der Waals surface area (Å²) in [5.41, 5.74) is 1.37. The molecule has 1 aliphatic rings. The number of rotatable bonds is 7. The molecule has 1 N–H and O–H groups in total. The molecule has 2 aromatic rings. The van der Waals surface area contributed by atoms with Crippen LogP contribution in [-0.2, 0) is 11.2 Å². The number of carbonyl (C=O) groups excluding carboxylic acids is 1. The lowest BCUT2D eigenvalue weighted by Gasteiger charge is -2.32. The molecule has 1 amide bonds. The third-order valence-corrected chi connectivity index (χ3v) is 5.25. The maximum absolute atomic E-state index is 13.0. The Labute approximate surface area is 164 Å². The summed E-state index contributed by atoms with van der Waals surface area (Å²) >= 11 is 0. The molecule has 2 atom stereocenters. The van der Waals surface area contributed by atoms with E-state index in [-0.39, 0.29) is 30.2 Å². The Hall–Kier alpha value is -2.77. The van der Waals surface area contributed by atoms with Crippen molar-refractivity contribution in [3.8, 4) is 0 Å². The fraction of sp³-hybridized carbons (Fsp3) is 0.381. The van der Waals surface area contributed by atoms with Crippen LogP contribution >= 0.6 is 0 Å². The lowest BCUT2D eigenvalue weighted by molar-refractivity contribution is -0.385. The van der Waals surface area contributed by atoms with E-state index < -0.39 is 4.92 Å². The van der Waals surface area contributed by atoms with E-state index in [1.54, 1.807) is 30.1 Å². The first kappa shape index (κ1) is 20.0. The molecular formula is C21H25N3O4. The number of aliphatic hydroxyl groups excluding tert-OH is 1. The second kappa shape index (κ2) is 8.95. The number of para-hydroxylation sites is 1. The fourth-order valence-corrected chi connectivity index (χ4v) is 3.65. The van der Waals surface area contributed by atoms with Crippen molar-refractivity contribution in [2.24, 2.45) is 0 Å². The molecule has 3 rings (SSSR count). The highest BCUT2D eigenvalue weighted by molar-refractivity contribution is 5.80. The van der Waals surface area contributed by atoms with Gasteiger partial charge in [-0.05, 0) is 12.0 Å². The van der Waals surface area contributed by atoms with Crippen LogP contribution in [-0.4, -0.2) is 58.5 Å². The Morgan fingerprint density at radius 1 is 1.25 bits per heavy atom. The molecule has 1 fully saturated rings. The second-order valence-corrected chi connectivity index (χ2v) is 7.20. The van der Waals surface area contributed by atoms with Crippen molar-refractivity contribution in [3.05, 3.63) is 75.8 Å². The first-order chi connectivity index (χ1) is 13.5. The summed E-state index contributed by atoms with van der Waals surface area (Å²) in [5, 5.41) is 21.1. The fourth-order valence-electron chi connectivity index (χ4n) is 3.65. The number of nitro groups is 1. The van der Waals surface area contributed by atoms with E-state index in [1.165, 1.54) is 6.07 Å². The number of hydrogen-bond donors (Lipinski definition) is 1. The van der Waals surface area contributed by atoms with Crippen LogP contribution in [0.2, 0.25) is 0 Å². The molecule has 0 bridgehead atoms. The predicted octanol–water partition coefficient (Wildman–Crippen LogP) is 2.40. The van der Waals surface area contributed by atoms with E-state index >= 15 is 0 Å². The smallest absolute Gasteiger partial charge is 0.273 e. The van der Waals surface area contributed by atoms with Crippen molar-refractivity contribution in [2.45, 2.75) is 25.0 Å². The summed E-state index contributed by atoms with van der Waals surface area (Å²) in [4.78, 5) is 27.6. The Morgan fingerprint density at radius 3 is 2.57 bits per heavy atom. The van der Waals surface area contributed by atoms with Gasteiger partial charge in [-0.2, -0.15) is 0 Å². The predicted molar refractivity (Wildman–Crippen MR) is 106 cm³/mol. The third-order valence-electron chi connectivity index (χ3n) is 5.25. The van der Waals surface area contributed by atoms with Crippen LogP contribution in [0.15, 0.2) is 54.6 Å². The second-order valence-electron chi connectivity index (χ2n) is 7.20. The quantitative estimate of drug-likeness (QED) is 0.586. The van der Waals surface area contributed by atoms with Gasteiger partial charge in [-0.15, -0.1) is 0 Å². The number of carbonyl (C=O) groups is 1. The van der Waals surface area contributed by atoms with Gasteiger partial charge in [-0.3, -0.25) is 19.8 Å². The van der Waals surface area contributed by atoms with Gasteiger partial charge in [0.15, 0.2) is 0 Å². The number of nitro benzene ring substituents is 1. The molecular weight excluding hydrogens is 358 g/mol. The summed E-state index contributed by atoms with van der Waals surface area (Å²) in [5.74, 6) is -0.178. The number of amides is 1. The van der Waals surface area contributed by atoms with E-state index in [9.17, 15) is 20.0 Å². The molecule has 1 saturated heterocycles. The highest BCUT2D eigenvalue weighted by Gasteiger charge is 2.28. The van der Waals surface area contributed by atoms with Crippen molar-refractivity contribution in [1.29, 1.82) is 0 Å². The first-order valence-corrected chi connectivity index (χ1v) is 9.39. The van der Waals surface area contributed by atoms with Crippen LogP contribution in [0.4, 0.5) is 5.69 Å². The van der Waals surface area contributed by atoms with Gasteiger partial charge in [0.1, 0.15) is 0 Å². The van der Waals surface area contributed by atoms with Crippen molar-refractivity contribution in [2.75, 3.05) is 26.7 Å². The SMILES string of the molecule is CN(C(=O)Cc1ccccc1[N+](=O)[O-])C(CN1CC[C@@H](O)C1)c1ccccc1. The van der Waals surface area contributed by atoms with E-state index in [2.05, 4.69) is 4.90 Å². The van der Waals surface area contributed by atoms with Gasteiger partial charge < -0.3 is 10.0 Å². The maximum Gasteiger partial charge on any atom is 0.273 e. The van der Waals surface area contributed by atoms with Gasteiger partial charge in [0.25, 0.3) is 5.69 Å². The van der Waals surface area contributed by atoms with Crippen LogP contribution in [0.5, 0.6) is 0 Å². The minimum atomic E-state index is -0.455. The Bertz CT molecular complexity index is 827. The maximum atomic E-state index is 13.0. The molecule has 0 spiro atoms. The van der Waals surface area contributed by atoms with Gasteiger partial charge in [-0.25, -0.2) is 0 Å². The average molecular weight is 383 g/mol. The van der Waals surface area contributed by atoms with Crippen molar-refractivity contribution < 1.29 is 14.8 Å². The number of hydrogen-bond acceptors (Lipinski definition) is 5. The highest BCUT2D eigenvalue weighted by atomic mass is 16.6. The van der Waals surface area contributed by atoms with E-state index in [4.69, 9.17) is 0 Å². The normalized spacial score (nSPS) is 18.0. The lowest BCUT2D eigenvalue weighted by Crippen LogP contribution is -2.39. The van der Waals surface area contributed by atoms with E-state index in [0.717, 1.165) is 18.5 Å². The Morgan fingerprint density at radius 2 is 1.93 bits per heavy atom. The van der Waals surface area contributed by atoms with E-state index in [1.807, 2.05) is 30.3 Å². The molecule has 2 aromatic carbocycles. The average Bonchev–Trinajstić information content (AvgIpc) is 3.11. The summed E-state index contributed by atoms with van der Waals surface area (Å²) < 4.78 is 0. The molecule has 1 aliphatic heterocycles. The zero-order valence-electron chi connectivity index (χ0n) is 15.9. The molecule has 1 heterocycles. The van der Waals surface area contributed by atoms with Crippen LogP contribution in [0, 0.1) is 10.1 Å². The molecule has 0 aliphatic carbocycles. The number of likely N-dealkylation sites (N-methyl/N-ethyl adjacent to an activating group) is 1. The van der Waals surface area contributed by atoms with Gasteiger partial charge in [0.2, 0.25) is 5.91 Å². The standard InChI is InChI=1S/C21H25N3O4/c1-22(21(26)13-17-9-5-6-10-19(17)24(27)28)20(16-7-3-2-4-8-16)15-23-12-11-18(25)14-23/h2-10,18,20,25H,11-15H2,1H3/t18-,20?/m1/s1. The van der Waals surface area contributed by atoms with Gasteiger partial charge in [0, 0.05) is 38.3 Å². The van der Waals surface area contributed by atoms with Crippen molar-refractivity contribution in [1.82, 2.24) is 9.80 Å². The Kier molecular flexibility index (Phi) is 6.38. The summed E-state index contributed by atoms with van der Waals surface area (Å²) in [6.07, 6.45) is 0.374. The van der Waals surface area contributed by atoms with Crippen LogP contribution in [0.3, 0.4) is 0 Å². The summed E-state index contributed by atoms with van der Waals surface area (Å²) in [6, 6.07) is 15.9. The van der Waals surface area contributed by atoms with Crippen LogP contribution < -0.4 is 0 Å². The number of nitrogens with zero attached hydrogens (tertiary/aromatic N) is 3. The number of benzene rings is 2. The molecule has 0 saturated carbocycles. The minimum Gasteiger partial charge on any atom is -0.392 e. The first-order valence-electron chi connectivity index (χ1n) is 9.39. The monoisotopic (exact) mass is 383 g/mol. The lowest BCUT2D eigenvalue weighted by atomic mass is 10.0.